The molecule has 0 saturated heterocycles. The van der Waals surface area contributed by atoms with Crippen molar-refractivity contribution in [2.24, 2.45) is 5.73 Å². The molecule has 120 valence electrons. The van der Waals surface area contributed by atoms with Gasteiger partial charge in [-0.2, -0.15) is 0 Å². The van der Waals surface area contributed by atoms with E-state index in [1.54, 1.807) is 11.3 Å². The first-order valence-electron chi connectivity index (χ1n) is 7.70. The number of hydrogen-bond donors (Lipinski definition) is 1. The molecule has 24 heavy (non-hydrogen) atoms. The Morgan fingerprint density at radius 2 is 1.92 bits per heavy atom. The van der Waals surface area contributed by atoms with Crippen LogP contribution in [0.25, 0.3) is 26.7 Å². The fourth-order valence-electron chi connectivity index (χ4n) is 2.84. The highest BCUT2D eigenvalue weighted by molar-refractivity contribution is 7.20. The predicted molar refractivity (Wildman–Crippen MR) is 102 cm³/mol. The third kappa shape index (κ3) is 2.53. The standard InChI is InChI=1S/C19H16ClN3S/c1-12-9-14(7-8-15(12)20)18-16(10-21)23-11-17(24-19(23)22-18)13-5-3-2-4-6-13/h2-9,11H,10,21H2,1H3. The van der Waals surface area contributed by atoms with E-state index in [1.165, 1.54) is 10.4 Å². The van der Waals surface area contributed by atoms with Gasteiger partial charge in [-0.1, -0.05) is 59.3 Å². The molecular weight excluding hydrogens is 338 g/mol. The molecule has 0 fully saturated rings. The highest BCUT2D eigenvalue weighted by Gasteiger charge is 2.16. The van der Waals surface area contributed by atoms with Crippen molar-refractivity contribution in [3.8, 4) is 21.7 Å². The van der Waals surface area contributed by atoms with E-state index in [0.29, 0.717) is 6.54 Å². The molecule has 2 aromatic heterocycles. The molecule has 0 amide bonds. The number of benzene rings is 2. The lowest BCUT2D eigenvalue weighted by Crippen LogP contribution is -2.01. The molecule has 0 bridgehead atoms. The molecule has 4 aromatic rings. The van der Waals surface area contributed by atoms with E-state index >= 15 is 0 Å². The molecule has 0 radical (unpaired) electrons. The number of thiazole rings is 1. The second kappa shape index (κ2) is 6.06. The van der Waals surface area contributed by atoms with Gasteiger partial charge >= 0.3 is 0 Å². The molecule has 0 aliphatic heterocycles. The summed E-state index contributed by atoms with van der Waals surface area (Å²) in [6.07, 6.45) is 2.12. The van der Waals surface area contributed by atoms with Crippen molar-refractivity contribution >= 4 is 27.9 Å². The van der Waals surface area contributed by atoms with Crippen LogP contribution < -0.4 is 5.73 Å². The summed E-state index contributed by atoms with van der Waals surface area (Å²) in [7, 11) is 0. The molecule has 0 atom stereocenters. The number of rotatable bonds is 3. The lowest BCUT2D eigenvalue weighted by molar-refractivity contribution is 0.970. The van der Waals surface area contributed by atoms with Gasteiger partial charge in [0.1, 0.15) is 0 Å². The average Bonchev–Trinajstić information content (AvgIpc) is 3.15. The van der Waals surface area contributed by atoms with Crippen molar-refractivity contribution in [3.05, 3.63) is 71.0 Å². The third-order valence-corrected chi connectivity index (χ3v) is 5.56. The van der Waals surface area contributed by atoms with Crippen LogP contribution in [0.3, 0.4) is 0 Å². The van der Waals surface area contributed by atoms with Crippen molar-refractivity contribution in [1.82, 2.24) is 9.38 Å². The van der Waals surface area contributed by atoms with Crippen LogP contribution in [0.1, 0.15) is 11.3 Å². The van der Waals surface area contributed by atoms with E-state index in [1.807, 2.05) is 37.3 Å². The Morgan fingerprint density at radius 3 is 2.62 bits per heavy atom. The first kappa shape index (κ1) is 15.4. The molecule has 0 spiro atoms. The van der Waals surface area contributed by atoms with Crippen LogP contribution >= 0.6 is 22.9 Å². The number of fused-ring (bicyclic) bond motifs is 1. The number of nitrogens with zero attached hydrogens (tertiary/aromatic N) is 2. The topological polar surface area (TPSA) is 43.3 Å². The summed E-state index contributed by atoms with van der Waals surface area (Å²) in [5.41, 5.74) is 11.3. The fourth-order valence-corrected chi connectivity index (χ4v) is 3.97. The summed E-state index contributed by atoms with van der Waals surface area (Å²) < 4.78 is 2.10. The van der Waals surface area contributed by atoms with Crippen molar-refractivity contribution in [1.29, 1.82) is 0 Å². The Kier molecular flexibility index (Phi) is 3.88. The van der Waals surface area contributed by atoms with Crippen LogP contribution in [0.4, 0.5) is 0 Å². The maximum absolute atomic E-state index is 6.14. The zero-order valence-electron chi connectivity index (χ0n) is 13.2. The second-order valence-electron chi connectivity index (χ2n) is 5.69. The summed E-state index contributed by atoms with van der Waals surface area (Å²) in [6.45, 7) is 2.43. The number of aromatic nitrogens is 2. The van der Waals surface area contributed by atoms with Crippen LogP contribution in [-0.2, 0) is 6.54 Å². The van der Waals surface area contributed by atoms with Crippen molar-refractivity contribution < 1.29 is 0 Å². The predicted octanol–water partition coefficient (Wildman–Crippen LogP) is 5.15. The SMILES string of the molecule is Cc1cc(-c2nc3sc(-c4ccccc4)cn3c2CN)ccc1Cl. The van der Waals surface area contributed by atoms with Gasteiger partial charge in [0, 0.05) is 23.3 Å². The zero-order chi connectivity index (χ0) is 16.7. The van der Waals surface area contributed by atoms with E-state index in [2.05, 4.69) is 28.8 Å². The number of aryl methyl sites for hydroxylation is 1. The molecule has 2 N–H and O–H groups in total. The van der Waals surface area contributed by atoms with Gasteiger partial charge in [0.25, 0.3) is 0 Å². The molecule has 0 aliphatic carbocycles. The summed E-state index contributed by atoms with van der Waals surface area (Å²) >= 11 is 7.81. The van der Waals surface area contributed by atoms with Gasteiger partial charge < -0.3 is 5.73 Å². The molecule has 3 nitrogen and oxygen atoms in total. The van der Waals surface area contributed by atoms with E-state index < -0.39 is 0 Å². The molecule has 0 aliphatic rings. The van der Waals surface area contributed by atoms with Crippen LogP contribution in [0.2, 0.25) is 5.02 Å². The Hall–Kier alpha value is -2.14. The van der Waals surface area contributed by atoms with Crippen molar-refractivity contribution in [2.45, 2.75) is 13.5 Å². The second-order valence-corrected chi connectivity index (χ2v) is 7.11. The normalized spacial score (nSPS) is 11.3. The highest BCUT2D eigenvalue weighted by atomic mass is 35.5. The maximum atomic E-state index is 6.14. The van der Waals surface area contributed by atoms with E-state index in [4.69, 9.17) is 22.3 Å². The smallest absolute Gasteiger partial charge is 0.195 e. The highest BCUT2D eigenvalue weighted by Crippen LogP contribution is 2.33. The van der Waals surface area contributed by atoms with E-state index in [-0.39, 0.29) is 0 Å². The molecule has 0 unspecified atom stereocenters. The zero-order valence-corrected chi connectivity index (χ0v) is 14.7. The van der Waals surface area contributed by atoms with Gasteiger partial charge in [-0.05, 0) is 30.2 Å². The van der Waals surface area contributed by atoms with Gasteiger partial charge in [0.05, 0.1) is 16.3 Å². The van der Waals surface area contributed by atoms with Crippen LogP contribution in [-0.4, -0.2) is 9.38 Å². The maximum Gasteiger partial charge on any atom is 0.195 e. The van der Waals surface area contributed by atoms with E-state index in [0.717, 1.165) is 32.5 Å². The van der Waals surface area contributed by atoms with Gasteiger partial charge in [-0.3, -0.25) is 4.40 Å². The monoisotopic (exact) mass is 353 g/mol. The quantitative estimate of drug-likeness (QED) is 0.553. The Bertz CT molecular complexity index is 1020. The minimum absolute atomic E-state index is 0.434. The summed E-state index contributed by atoms with van der Waals surface area (Å²) in [5, 5.41) is 0.764. The summed E-state index contributed by atoms with van der Waals surface area (Å²) in [5.74, 6) is 0. The average molecular weight is 354 g/mol. The van der Waals surface area contributed by atoms with E-state index in [9.17, 15) is 0 Å². The number of hydrogen-bond acceptors (Lipinski definition) is 3. The largest absolute Gasteiger partial charge is 0.325 e. The van der Waals surface area contributed by atoms with Crippen LogP contribution in [0, 0.1) is 6.92 Å². The Morgan fingerprint density at radius 1 is 1.12 bits per heavy atom. The molecule has 0 saturated carbocycles. The molecule has 2 heterocycles. The minimum atomic E-state index is 0.434. The van der Waals surface area contributed by atoms with Crippen molar-refractivity contribution in [3.63, 3.8) is 0 Å². The van der Waals surface area contributed by atoms with Crippen molar-refractivity contribution in [2.75, 3.05) is 0 Å². The first-order chi connectivity index (χ1) is 11.7. The Balaban J connectivity index is 1.86. The number of imidazole rings is 1. The minimum Gasteiger partial charge on any atom is -0.325 e. The number of halogens is 1. The number of nitrogens with two attached hydrogens (primary N) is 1. The lowest BCUT2D eigenvalue weighted by Gasteiger charge is -2.04. The van der Waals surface area contributed by atoms with Gasteiger partial charge in [-0.25, -0.2) is 4.98 Å². The fraction of sp³-hybridized carbons (Fsp3) is 0.105. The van der Waals surface area contributed by atoms with Gasteiger partial charge in [0.2, 0.25) is 0 Å². The molecular formula is C19H16ClN3S. The molecule has 4 rings (SSSR count). The van der Waals surface area contributed by atoms with Gasteiger partial charge in [-0.15, -0.1) is 0 Å². The van der Waals surface area contributed by atoms with Crippen LogP contribution in [0.15, 0.2) is 54.7 Å². The summed E-state index contributed by atoms with van der Waals surface area (Å²) in [4.78, 5) is 6.97. The van der Waals surface area contributed by atoms with Crippen LogP contribution in [0.5, 0.6) is 0 Å². The molecule has 2 aromatic carbocycles. The van der Waals surface area contributed by atoms with Gasteiger partial charge in [0.15, 0.2) is 4.96 Å². The third-order valence-electron chi connectivity index (χ3n) is 4.11. The summed E-state index contributed by atoms with van der Waals surface area (Å²) in [6, 6.07) is 16.3. The Labute approximate surface area is 149 Å². The first-order valence-corrected chi connectivity index (χ1v) is 8.89. The molecule has 5 heteroatoms. The lowest BCUT2D eigenvalue weighted by atomic mass is 10.1.